The summed E-state index contributed by atoms with van der Waals surface area (Å²) in [5.74, 6) is -0.307. The maximum absolute atomic E-state index is 12.4. The lowest BCUT2D eigenvalue weighted by molar-refractivity contribution is -0.0884. The van der Waals surface area contributed by atoms with Crippen LogP contribution in [0.1, 0.15) is 46.4 Å². The molecule has 2 aliphatic heterocycles. The third-order valence-electron chi connectivity index (χ3n) is 5.34. The number of fused-ring (bicyclic) bond motifs is 2. The van der Waals surface area contributed by atoms with Crippen molar-refractivity contribution in [3.8, 4) is 0 Å². The molecule has 2 amide bonds. The van der Waals surface area contributed by atoms with Crippen LogP contribution in [0.3, 0.4) is 0 Å². The number of amides is 2. The van der Waals surface area contributed by atoms with Crippen LogP contribution in [0.25, 0.3) is 0 Å². The average Bonchev–Trinajstić information content (AvgIpc) is 2.84. The highest BCUT2D eigenvalue weighted by molar-refractivity contribution is 6.21. The second-order valence-corrected chi connectivity index (χ2v) is 6.60. The molecule has 1 aliphatic carbocycles. The number of carbonyl (C=O) groups excluding carboxylic acids is 2. The van der Waals surface area contributed by atoms with Crippen LogP contribution in [-0.4, -0.2) is 60.0 Å². The molecule has 1 aromatic carbocycles. The monoisotopic (exact) mass is 314 g/mol. The van der Waals surface area contributed by atoms with Gasteiger partial charge in [-0.3, -0.25) is 19.4 Å². The van der Waals surface area contributed by atoms with Crippen LogP contribution in [-0.2, 0) is 4.74 Å². The Morgan fingerprint density at radius 2 is 1.70 bits per heavy atom. The zero-order valence-corrected chi connectivity index (χ0v) is 13.2. The highest BCUT2D eigenvalue weighted by Crippen LogP contribution is 2.29. The van der Waals surface area contributed by atoms with E-state index in [1.54, 1.807) is 12.1 Å². The Morgan fingerprint density at radius 1 is 1.00 bits per heavy atom. The first-order valence-corrected chi connectivity index (χ1v) is 8.56. The van der Waals surface area contributed by atoms with Crippen molar-refractivity contribution < 1.29 is 14.3 Å². The summed E-state index contributed by atoms with van der Waals surface area (Å²) in [6.07, 6.45) is 5.11. The Balaban J connectivity index is 1.43. The van der Waals surface area contributed by atoms with Crippen molar-refractivity contribution in [3.05, 3.63) is 35.4 Å². The van der Waals surface area contributed by atoms with Crippen LogP contribution in [0.5, 0.6) is 0 Å². The molecule has 0 spiro atoms. The molecule has 23 heavy (non-hydrogen) atoms. The fourth-order valence-corrected chi connectivity index (χ4v) is 4.12. The number of benzene rings is 1. The van der Waals surface area contributed by atoms with Gasteiger partial charge in [-0.05, 0) is 25.0 Å². The zero-order chi connectivity index (χ0) is 15.8. The van der Waals surface area contributed by atoms with Gasteiger partial charge in [-0.15, -0.1) is 0 Å². The Hall–Kier alpha value is -1.72. The number of hydrogen-bond donors (Lipinski definition) is 0. The van der Waals surface area contributed by atoms with Gasteiger partial charge in [-0.1, -0.05) is 25.0 Å². The summed E-state index contributed by atoms with van der Waals surface area (Å²) >= 11 is 0. The van der Waals surface area contributed by atoms with Crippen LogP contribution in [0, 0.1) is 0 Å². The van der Waals surface area contributed by atoms with Gasteiger partial charge < -0.3 is 4.74 Å². The summed E-state index contributed by atoms with van der Waals surface area (Å²) in [4.78, 5) is 28.7. The van der Waals surface area contributed by atoms with E-state index in [0.717, 1.165) is 32.5 Å². The van der Waals surface area contributed by atoms with Gasteiger partial charge in [0.05, 0.1) is 23.8 Å². The number of morpholine rings is 1. The maximum Gasteiger partial charge on any atom is 0.261 e. The molecule has 0 bridgehead atoms. The Morgan fingerprint density at radius 3 is 2.43 bits per heavy atom. The average molecular weight is 314 g/mol. The lowest BCUT2D eigenvalue weighted by Gasteiger charge is -2.44. The normalized spacial score (nSPS) is 27.9. The number of hydrogen-bond acceptors (Lipinski definition) is 4. The maximum atomic E-state index is 12.4. The van der Waals surface area contributed by atoms with Crippen LogP contribution in [0.4, 0.5) is 0 Å². The summed E-state index contributed by atoms with van der Waals surface area (Å²) in [5, 5.41) is 0. The summed E-state index contributed by atoms with van der Waals surface area (Å²) < 4.78 is 5.89. The first kappa shape index (κ1) is 14.8. The number of nitrogens with zero attached hydrogens (tertiary/aromatic N) is 2. The van der Waals surface area contributed by atoms with Gasteiger partial charge in [-0.25, -0.2) is 0 Å². The van der Waals surface area contributed by atoms with Crippen molar-refractivity contribution in [3.63, 3.8) is 0 Å². The molecule has 2 fully saturated rings. The fraction of sp³-hybridized carbons (Fsp3) is 0.556. The van der Waals surface area contributed by atoms with Gasteiger partial charge in [0.15, 0.2) is 0 Å². The van der Waals surface area contributed by atoms with E-state index in [0.29, 0.717) is 29.8 Å². The molecule has 0 aromatic heterocycles. The van der Waals surface area contributed by atoms with E-state index < -0.39 is 0 Å². The molecule has 0 radical (unpaired) electrons. The summed E-state index contributed by atoms with van der Waals surface area (Å²) in [6, 6.07) is 7.54. The molecule has 3 aliphatic rings. The molecular formula is C18H22N2O3. The first-order chi connectivity index (χ1) is 11.3. The minimum Gasteiger partial charge on any atom is -0.375 e. The van der Waals surface area contributed by atoms with E-state index in [1.807, 2.05) is 12.1 Å². The Kier molecular flexibility index (Phi) is 3.91. The van der Waals surface area contributed by atoms with Crippen LogP contribution < -0.4 is 0 Å². The summed E-state index contributed by atoms with van der Waals surface area (Å²) in [5.41, 5.74) is 1.07. The lowest BCUT2D eigenvalue weighted by atomic mass is 9.90. The molecule has 5 nitrogen and oxygen atoms in total. The molecule has 4 rings (SSSR count). The van der Waals surface area contributed by atoms with E-state index in [2.05, 4.69) is 4.90 Å². The van der Waals surface area contributed by atoms with E-state index in [1.165, 1.54) is 17.7 Å². The predicted molar refractivity (Wildman–Crippen MR) is 85.4 cm³/mol. The zero-order valence-electron chi connectivity index (χ0n) is 13.2. The Bertz CT molecular complexity index is 593. The van der Waals surface area contributed by atoms with Crippen molar-refractivity contribution in [1.29, 1.82) is 0 Å². The van der Waals surface area contributed by atoms with Crippen molar-refractivity contribution >= 4 is 11.8 Å². The second kappa shape index (κ2) is 6.06. The predicted octanol–water partition coefficient (Wildman–Crippen LogP) is 1.93. The van der Waals surface area contributed by atoms with Gasteiger partial charge in [-0.2, -0.15) is 0 Å². The molecule has 0 N–H and O–H groups in total. The number of carbonyl (C=O) groups is 2. The van der Waals surface area contributed by atoms with Crippen LogP contribution >= 0.6 is 0 Å². The summed E-state index contributed by atoms with van der Waals surface area (Å²) in [6.45, 7) is 2.86. The molecule has 1 saturated carbocycles. The largest absolute Gasteiger partial charge is 0.375 e. The fourth-order valence-electron chi connectivity index (χ4n) is 4.12. The highest BCUT2D eigenvalue weighted by Gasteiger charge is 2.37. The molecule has 122 valence electrons. The molecule has 2 heterocycles. The third-order valence-corrected chi connectivity index (χ3v) is 5.34. The van der Waals surface area contributed by atoms with Gasteiger partial charge >= 0.3 is 0 Å². The Labute approximate surface area is 136 Å². The number of ether oxygens (including phenoxy) is 1. The topological polar surface area (TPSA) is 49.9 Å². The highest BCUT2D eigenvalue weighted by atomic mass is 16.5. The SMILES string of the molecule is O=C1c2ccccc2C(=O)N1CCN1CCOC2CCCCC21. The van der Waals surface area contributed by atoms with E-state index in [9.17, 15) is 9.59 Å². The van der Waals surface area contributed by atoms with Gasteiger partial charge in [0.25, 0.3) is 11.8 Å². The standard InChI is InChI=1S/C18H22N2O3/c21-17-13-5-1-2-6-14(13)18(22)20(17)10-9-19-11-12-23-16-8-4-3-7-15(16)19/h1-2,5-6,15-16H,3-4,7-12H2. The van der Waals surface area contributed by atoms with Crippen molar-refractivity contribution in [2.24, 2.45) is 0 Å². The van der Waals surface area contributed by atoms with Crippen LogP contribution in [0.15, 0.2) is 24.3 Å². The van der Waals surface area contributed by atoms with E-state index in [4.69, 9.17) is 4.74 Å². The van der Waals surface area contributed by atoms with Gasteiger partial charge in [0, 0.05) is 25.7 Å². The van der Waals surface area contributed by atoms with Gasteiger partial charge in [0.2, 0.25) is 0 Å². The first-order valence-electron chi connectivity index (χ1n) is 8.56. The quantitative estimate of drug-likeness (QED) is 0.800. The van der Waals surface area contributed by atoms with Gasteiger partial charge in [0.1, 0.15) is 0 Å². The van der Waals surface area contributed by atoms with Crippen molar-refractivity contribution in [2.75, 3.05) is 26.2 Å². The van der Waals surface area contributed by atoms with E-state index >= 15 is 0 Å². The molecule has 2 atom stereocenters. The molecule has 1 saturated heterocycles. The summed E-state index contributed by atoms with van der Waals surface area (Å²) in [7, 11) is 0. The molecular weight excluding hydrogens is 292 g/mol. The molecule has 1 aromatic rings. The van der Waals surface area contributed by atoms with Crippen molar-refractivity contribution in [1.82, 2.24) is 9.80 Å². The van der Waals surface area contributed by atoms with E-state index in [-0.39, 0.29) is 11.8 Å². The lowest BCUT2D eigenvalue weighted by Crippen LogP contribution is -2.54. The second-order valence-electron chi connectivity index (χ2n) is 6.60. The number of imide groups is 1. The molecule has 2 unspecified atom stereocenters. The third kappa shape index (κ3) is 2.58. The van der Waals surface area contributed by atoms with Crippen LogP contribution in [0.2, 0.25) is 0 Å². The minimum absolute atomic E-state index is 0.154. The molecule has 5 heteroatoms. The van der Waals surface area contributed by atoms with Crippen molar-refractivity contribution in [2.45, 2.75) is 37.8 Å². The smallest absolute Gasteiger partial charge is 0.261 e. The number of rotatable bonds is 3. The minimum atomic E-state index is -0.154.